The molecule has 0 saturated carbocycles. The van der Waals surface area contributed by atoms with Crippen LogP contribution in [-0.2, 0) is 0 Å². The molecule has 0 fully saturated rings. The molecule has 0 heterocycles. The molecule has 0 atom stereocenters. The largest absolute Gasteiger partial charge is 0.391 e. The number of hydrogen-bond acceptors (Lipinski definition) is 3. The standard InChI is InChI=1S/C18H40NO3.ClH/c1-2-3-4-5-6-7-8-9-10-11-12-19(13-16-20,14-17-21)15-18-22;/h20-22H,2-18H2,1H3;1H/q+1;. The summed E-state index contributed by atoms with van der Waals surface area (Å²) in [6.45, 7) is 5.49. The average Bonchev–Trinajstić information content (AvgIpc) is 2.50. The maximum Gasteiger partial charge on any atom is 0.102 e. The molecule has 0 rings (SSSR count). The van der Waals surface area contributed by atoms with Gasteiger partial charge in [-0.15, -0.1) is 12.4 Å². The Balaban J connectivity index is 0. The average molecular weight is 355 g/mol. The maximum atomic E-state index is 9.24. The minimum atomic E-state index is 0. The van der Waals surface area contributed by atoms with Crippen LogP contribution in [0, 0.1) is 0 Å². The number of hydrogen-bond donors (Lipinski definition) is 3. The van der Waals surface area contributed by atoms with E-state index in [0.29, 0.717) is 24.1 Å². The van der Waals surface area contributed by atoms with Gasteiger partial charge in [-0.05, 0) is 12.8 Å². The Morgan fingerprint density at radius 1 is 0.522 bits per heavy atom. The van der Waals surface area contributed by atoms with E-state index in [-0.39, 0.29) is 32.2 Å². The molecule has 0 unspecified atom stereocenters. The summed E-state index contributed by atoms with van der Waals surface area (Å²) in [5, 5.41) is 27.7. The van der Waals surface area contributed by atoms with Crippen molar-refractivity contribution in [3.8, 4) is 0 Å². The van der Waals surface area contributed by atoms with Crippen LogP contribution in [-0.4, -0.2) is 65.8 Å². The van der Waals surface area contributed by atoms with Crippen molar-refractivity contribution in [2.24, 2.45) is 0 Å². The molecule has 0 bridgehead atoms. The first-order valence-electron chi connectivity index (χ1n) is 9.42. The highest BCUT2D eigenvalue weighted by atomic mass is 35.5. The van der Waals surface area contributed by atoms with Crippen molar-refractivity contribution in [1.29, 1.82) is 0 Å². The fraction of sp³-hybridized carbons (Fsp3) is 1.00. The molecule has 0 aromatic heterocycles. The lowest BCUT2D eigenvalue weighted by Crippen LogP contribution is -2.53. The summed E-state index contributed by atoms with van der Waals surface area (Å²) in [6, 6.07) is 0. The number of quaternary nitrogens is 1. The minimum Gasteiger partial charge on any atom is -0.391 e. The molecular formula is C18H41ClNO3+. The second-order valence-corrected chi connectivity index (χ2v) is 6.59. The summed E-state index contributed by atoms with van der Waals surface area (Å²) in [7, 11) is 0. The van der Waals surface area contributed by atoms with Crippen LogP contribution in [0.15, 0.2) is 0 Å². The zero-order valence-electron chi connectivity index (χ0n) is 15.2. The van der Waals surface area contributed by atoms with Crippen molar-refractivity contribution < 1.29 is 19.8 Å². The first kappa shape index (κ1) is 25.4. The van der Waals surface area contributed by atoms with Crippen LogP contribution in [0.4, 0.5) is 0 Å². The van der Waals surface area contributed by atoms with Gasteiger partial charge in [0.05, 0.1) is 26.4 Å². The third-order valence-electron chi connectivity index (χ3n) is 4.71. The van der Waals surface area contributed by atoms with E-state index in [0.717, 1.165) is 13.0 Å². The van der Waals surface area contributed by atoms with Crippen LogP contribution >= 0.6 is 12.4 Å². The van der Waals surface area contributed by atoms with Crippen molar-refractivity contribution in [3.05, 3.63) is 0 Å². The molecule has 0 saturated heterocycles. The topological polar surface area (TPSA) is 60.7 Å². The van der Waals surface area contributed by atoms with E-state index in [1.54, 1.807) is 0 Å². The van der Waals surface area contributed by atoms with Crippen LogP contribution in [0.2, 0.25) is 0 Å². The van der Waals surface area contributed by atoms with Crippen LogP contribution in [0.3, 0.4) is 0 Å². The summed E-state index contributed by atoms with van der Waals surface area (Å²) < 4.78 is 0.653. The number of aliphatic hydroxyl groups is 3. The number of unbranched alkanes of at least 4 members (excludes halogenated alkanes) is 9. The van der Waals surface area contributed by atoms with Crippen LogP contribution in [0.5, 0.6) is 0 Å². The molecular weight excluding hydrogens is 314 g/mol. The fourth-order valence-corrected chi connectivity index (χ4v) is 3.24. The Morgan fingerprint density at radius 3 is 1.22 bits per heavy atom. The zero-order valence-corrected chi connectivity index (χ0v) is 16.0. The highest BCUT2D eigenvalue weighted by Gasteiger charge is 2.25. The Hall–Kier alpha value is 0.130. The lowest BCUT2D eigenvalue weighted by molar-refractivity contribution is -0.929. The number of nitrogens with zero attached hydrogens (tertiary/aromatic N) is 1. The quantitative estimate of drug-likeness (QED) is 0.278. The highest BCUT2D eigenvalue weighted by molar-refractivity contribution is 5.85. The van der Waals surface area contributed by atoms with Crippen molar-refractivity contribution in [2.75, 3.05) is 46.0 Å². The summed E-state index contributed by atoms with van der Waals surface area (Å²) in [5.41, 5.74) is 0. The van der Waals surface area contributed by atoms with E-state index in [1.165, 1.54) is 57.8 Å². The van der Waals surface area contributed by atoms with Gasteiger partial charge in [0.2, 0.25) is 0 Å². The fourth-order valence-electron chi connectivity index (χ4n) is 3.24. The van der Waals surface area contributed by atoms with Crippen molar-refractivity contribution in [1.82, 2.24) is 0 Å². The molecule has 0 aliphatic rings. The summed E-state index contributed by atoms with van der Waals surface area (Å²) in [4.78, 5) is 0. The molecule has 23 heavy (non-hydrogen) atoms. The minimum absolute atomic E-state index is 0. The van der Waals surface area contributed by atoms with E-state index in [4.69, 9.17) is 0 Å². The van der Waals surface area contributed by atoms with Gasteiger partial charge in [-0.25, -0.2) is 0 Å². The van der Waals surface area contributed by atoms with Gasteiger partial charge in [0, 0.05) is 0 Å². The lowest BCUT2D eigenvalue weighted by Gasteiger charge is -2.37. The number of rotatable bonds is 17. The predicted molar refractivity (Wildman–Crippen MR) is 100 cm³/mol. The van der Waals surface area contributed by atoms with Gasteiger partial charge in [0.15, 0.2) is 0 Å². The van der Waals surface area contributed by atoms with Gasteiger partial charge in [-0.1, -0.05) is 58.3 Å². The second-order valence-electron chi connectivity index (χ2n) is 6.59. The first-order chi connectivity index (χ1) is 10.7. The smallest absolute Gasteiger partial charge is 0.102 e. The molecule has 3 N–H and O–H groups in total. The molecule has 0 amide bonds. The molecule has 4 nitrogen and oxygen atoms in total. The Labute approximate surface area is 149 Å². The molecule has 5 heteroatoms. The SMILES string of the molecule is CCCCCCCCCCCC[N+](CCO)(CCO)CCO.Cl. The summed E-state index contributed by atoms with van der Waals surface area (Å²) in [5.74, 6) is 0. The van der Waals surface area contributed by atoms with E-state index in [1.807, 2.05) is 0 Å². The Bertz CT molecular complexity index is 213. The molecule has 0 aliphatic carbocycles. The molecule has 0 aromatic carbocycles. The third kappa shape index (κ3) is 14.2. The summed E-state index contributed by atoms with van der Waals surface area (Å²) >= 11 is 0. The number of halogens is 1. The predicted octanol–water partition coefficient (Wildman–Crippen LogP) is 3.12. The van der Waals surface area contributed by atoms with Crippen molar-refractivity contribution in [3.63, 3.8) is 0 Å². The Morgan fingerprint density at radius 2 is 0.870 bits per heavy atom. The Kier molecular flexibility index (Phi) is 20.4. The van der Waals surface area contributed by atoms with E-state index < -0.39 is 0 Å². The van der Waals surface area contributed by atoms with Gasteiger partial charge < -0.3 is 19.8 Å². The molecule has 0 aliphatic heterocycles. The molecule has 0 aromatic rings. The van der Waals surface area contributed by atoms with Gasteiger partial charge in [0.25, 0.3) is 0 Å². The van der Waals surface area contributed by atoms with Crippen LogP contribution in [0.25, 0.3) is 0 Å². The van der Waals surface area contributed by atoms with Crippen molar-refractivity contribution >= 4 is 12.4 Å². The van der Waals surface area contributed by atoms with Gasteiger partial charge in [-0.2, -0.15) is 0 Å². The monoisotopic (exact) mass is 354 g/mol. The molecule has 0 spiro atoms. The molecule has 0 radical (unpaired) electrons. The second kappa shape index (κ2) is 18.5. The first-order valence-corrected chi connectivity index (χ1v) is 9.42. The van der Waals surface area contributed by atoms with Crippen LogP contribution in [0.1, 0.15) is 71.1 Å². The third-order valence-corrected chi connectivity index (χ3v) is 4.71. The normalized spacial score (nSPS) is 11.5. The van der Waals surface area contributed by atoms with E-state index in [9.17, 15) is 15.3 Å². The van der Waals surface area contributed by atoms with E-state index in [2.05, 4.69) is 6.92 Å². The summed E-state index contributed by atoms with van der Waals surface area (Å²) in [6.07, 6.45) is 13.1. The molecule has 142 valence electrons. The van der Waals surface area contributed by atoms with Crippen LogP contribution < -0.4 is 0 Å². The highest BCUT2D eigenvalue weighted by Crippen LogP contribution is 2.13. The van der Waals surface area contributed by atoms with Gasteiger partial charge >= 0.3 is 0 Å². The maximum absolute atomic E-state index is 9.24. The van der Waals surface area contributed by atoms with Gasteiger partial charge in [0.1, 0.15) is 19.6 Å². The number of aliphatic hydroxyl groups excluding tert-OH is 3. The van der Waals surface area contributed by atoms with Gasteiger partial charge in [-0.3, -0.25) is 0 Å². The zero-order chi connectivity index (χ0) is 16.5. The van der Waals surface area contributed by atoms with E-state index >= 15 is 0 Å². The van der Waals surface area contributed by atoms with Crippen molar-refractivity contribution in [2.45, 2.75) is 71.1 Å². The lowest BCUT2D eigenvalue weighted by atomic mass is 10.1.